The molecule has 1 aromatic carbocycles. The van der Waals surface area contributed by atoms with E-state index in [4.69, 9.17) is 4.74 Å². The Labute approximate surface area is 128 Å². The fourth-order valence-corrected chi connectivity index (χ4v) is 3.58. The Morgan fingerprint density at radius 3 is 2.95 bits per heavy atom. The number of benzene rings is 1. The summed E-state index contributed by atoms with van der Waals surface area (Å²) < 4.78 is 6.09. The first kappa shape index (κ1) is 14.9. The Bertz CT molecular complexity index is 455. The summed E-state index contributed by atoms with van der Waals surface area (Å²) in [5, 5.41) is 3.65. The van der Waals surface area contributed by atoms with E-state index in [0.29, 0.717) is 6.04 Å². The molecule has 1 heterocycles. The average Bonchev–Trinajstić information content (AvgIpc) is 3.15. The number of rotatable bonds is 7. The molecular formula is C18H28N2O. The van der Waals surface area contributed by atoms with Crippen LogP contribution in [-0.4, -0.2) is 37.7 Å². The molecule has 1 N–H and O–H groups in total. The van der Waals surface area contributed by atoms with E-state index in [0.717, 1.165) is 31.9 Å². The van der Waals surface area contributed by atoms with E-state index >= 15 is 0 Å². The highest BCUT2D eigenvalue weighted by Gasteiger charge is 2.24. The van der Waals surface area contributed by atoms with Gasteiger partial charge < -0.3 is 10.1 Å². The number of hydrogen-bond donors (Lipinski definition) is 1. The normalized spacial score (nSPS) is 21.7. The minimum Gasteiger partial charge on any atom is -0.492 e. The van der Waals surface area contributed by atoms with Crippen molar-refractivity contribution >= 4 is 0 Å². The molecule has 1 atom stereocenters. The third kappa shape index (κ3) is 3.58. The van der Waals surface area contributed by atoms with Crippen LogP contribution in [0.3, 0.4) is 0 Å². The fourth-order valence-electron chi connectivity index (χ4n) is 3.58. The number of nitrogens with zero attached hydrogens (tertiary/aromatic N) is 1. The van der Waals surface area contributed by atoms with Gasteiger partial charge in [0.25, 0.3) is 0 Å². The first-order valence-corrected chi connectivity index (χ1v) is 8.59. The molecule has 0 amide bonds. The van der Waals surface area contributed by atoms with E-state index in [1.54, 1.807) is 0 Å². The lowest BCUT2D eigenvalue weighted by molar-refractivity contribution is 0.236. The van der Waals surface area contributed by atoms with Crippen LogP contribution in [0.2, 0.25) is 0 Å². The highest BCUT2D eigenvalue weighted by atomic mass is 16.5. The third-order valence-electron chi connectivity index (χ3n) is 4.73. The van der Waals surface area contributed by atoms with Crippen molar-refractivity contribution < 1.29 is 4.74 Å². The van der Waals surface area contributed by atoms with Crippen LogP contribution < -0.4 is 10.1 Å². The Morgan fingerprint density at radius 1 is 1.29 bits per heavy atom. The predicted molar refractivity (Wildman–Crippen MR) is 87.0 cm³/mol. The second kappa shape index (κ2) is 7.28. The number of fused-ring (bicyclic) bond motifs is 1. The smallest absolute Gasteiger partial charge is 0.122 e. The summed E-state index contributed by atoms with van der Waals surface area (Å²) in [6.07, 6.45) is 6.26. The maximum Gasteiger partial charge on any atom is 0.122 e. The second-order valence-electron chi connectivity index (χ2n) is 6.27. The second-order valence-corrected chi connectivity index (χ2v) is 6.27. The third-order valence-corrected chi connectivity index (χ3v) is 4.73. The van der Waals surface area contributed by atoms with Gasteiger partial charge in [0.15, 0.2) is 0 Å². The van der Waals surface area contributed by atoms with Gasteiger partial charge in [0.2, 0.25) is 0 Å². The molecule has 3 heteroatoms. The van der Waals surface area contributed by atoms with E-state index in [9.17, 15) is 0 Å². The topological polar surface area (TPSA) is 24.5 Å². The van der Waals surface area contributed by atoms with Crippen LogP contribution >= 0.6 is 0 Å². The summed E-state index contributed by atoms with van der Waals surface area (Å²) in [5.74, 6) is 1.12. The van der Waals surface area contributed by atoms with Crippen LogP contribution in [0.4, 0.5) is 0 Å². The molecule has 3 nitrogen and oxygen atoms in total. The quantitative estimate of drug-likeness (QED) is 0.834. The van der Waals surface area contributed by atoms with E-state index in [1.165, 1.54) is 49.9 Å². The molecule has 1 aromatic rings. The molecule has 2 aliphatic rings. The molecule has 1 aliphatic carbocycles. The summed E-state index contributed by atoms with van der Waals surface area (Å²) >= 11 is 0. The SMILES string of the molecule is CCCNC1CCc2c(OCCN3CCCC3)cccc21. The van der Waals surface area contributed by atoms with Crippen molar-refractivity contribution in [3.05, 3.63) is 29.3 Å². The van der Waals surface area contributed by atoms with Gasteiger partial charge in [-0.05, 0) is 68.9 Å². The molecule has 1 fully saturated rings. The first-order chi connectivity index (χ1) is 10.4. The van der Waals surface area contributed by atoms with Gasteiger partial charge in [-0.25, -0.2) is 0 Å². The Balaban J connectivity index is 1.57. The lowest BCUT2D eigenvalue weighted by Crippen LogP contribution is -2.25. The van der Waals surface area contributed by atoms with E-state index in [1.807, 2.05) is 0 Å². The molecule has 116 valence electrons. The van der Waals surface area contributed by atoms with Gasteiger partial charge in [0.05, 0.1) is 0 Å². The van der Waals surface area contributed by atoms with Crippen molar-refractivity contribution in [2.45, 2.75) is 45.1 Å². The zero-order valence-corrected chi connectivity index (χ0v) is 13.2. The summed E-state index contributed by atoms with van der Waals surface area (Å²) in [5.41, 5.74) is 2.90. The highest BCUT2D eigenvalue weighted by molar-refractivity contribution is 5.45. The summed E-state index contributed by atoms with van der Waals surface area (Å²) in [6.45, 7) is 7.72. The number of hydrogen-bond acceptors (Lipinski definition) is 3. The molecule has 21 heavy (non-hydrogen) atoms. The van der Waals surface area contributed by atoms with Gasteiger partial charge in [-0.1, -0.05) is 19.1 Å². The Kier molecular flexibility index (Phi) is 5.15. The van der Waals surface area contributed by atoms with E-state index in [2.05, 4.69) is 35.3 Å². The minimum atomic E-state index is 0.530. The molecule has 1 aliphatic heterocycles. The van der Waals surface area contributed by atoms with Crippen LogP contribution in [0.1, 0.15) is 49.8 Å². The largest absolute Gasteiger partial charge is 0.492 e. The molecule has 0 spiro atoms. The summed E-state index contributed by atoms with van der Waals surface area (Å²) in [6, 6.07) is 7.09. The lowest BCUT2D eigenvalue weighted by Gasteiger charge is -2.17. The molecule has 0 bridgehead atoms. The number of likely N-dealkylation sites (tertiary alicyclic amines) is 1. The summed E-state index contributed by atoms with van der Waals surface area (Å²) in [4.78, 5) is 2.51. The van der Waals surface area contributed by atoms with Crippen molar-refractivity contribution in [2.75, 3.05) is 32.8 Å². The molecule has 0 saturated carbocycles. The molecule has 1 saturated heterocycles. The van der Waals surface area contributed by atoms with Crippen LogP contribution in [0.5, 0.6) is 5.75 Å². The predicted octanol–water partition coefficient (Wildman–Crippen LogP) is 3.15. The monoisotopic (exact) mass is 288 g/mol. The van der Waals surface area contributed by atoms with Crippen LogP contribution in [0.25, 0.3) is 0 Å². The highest BCUT2D eigenvalue weighted by Crippen LogP contribution is 2.36. The zero-order chi connectivity index (χ0) is 14.5. The number of nitrogens with one attached hydrogen (secondary N) is 1. The summed E-state index contributed by atoms with van der Waals surface area (Å²) in [7, 11) is 0. The van der Waals surface area contributed by atoms with Crippen molar-refractivity contribution in [1.82, 2.24) is 10.2 Å². The first-order valence-electron chi connectivity index (χ1n) is 8.59. The van der Waals surface area contributed by atoms with Gasteiger partial charge >= 0.3 is 0 Å². The maximum absolute atomic E-state index is 6.09. The zero-order valence-electron chi connectivity index (χ0n) is 13.2. The minimum absolute atomic E-state index is 0.530. The van der Waals surface area contributed by atoms with Gasteiger partial charge in [0, 0.05) is 12.6 Å². The van der Waals surface area contributed by atoms with Crippen molar-refractivity contribution in [1.29, 1.82) is 0 Å². The van der Waals surface area contributed by atoms with Crippen LogP contribution in [0.15, 0.2) is 18.2 Å². The Morgan fingerprint density at radius 2 is 2.14 bits per heavy atom. The van der Waals surface area contributed by atoms with Gasteiger partial charge in [-0.2, -0.15) is 0 Å². The van der Waals surface area contributed by atoms with Gasteiger partial charge in [-0.15, -0.1) is 0 Å². The molecule has 0 radical (unpaired) electrons. The van der Waals surface area contributed by atoms with Gasteiger partial charge in [0.1, 0.15) is 12.4 Å². The van der Waals surface area contributed by atoms with E-state index in [-0.39, 0.29) is 0 Å². The standard InChI is InChI=1S/C18H28N2O/c1-2-10-19-17-9-8-16-15(17)6-5-7-18(16)21-14-13-20-11-3-4-12-20/h5-7,17,19H,2-4,8-14H2,1H3. The molecular weight excluding hydrogens is 260 g/mol. The average molecular weight is 288 g/mol. The Hall–Kier alpha value is -1.06. The van der Waals surface area contributed by atoms with E-state index < -0.39 is 0 Å². The lowest BCUT2D eigenvalue weighted by atomic mass is 10.1. The fraction of sp³-hybridized carbons (Fsp3) is 0.667. The van der Waals surface area contributed by atoms with Crippen molar-refractivity contribution in [3.8, 4) is 5.75 Å². The molecule has 0 aromatic heterocycles. The van der Waals surface area contributed by atoms with Crippen LogP contribution in [0, 0.1) is 0 Å². The van der Waals surface area contributed by atoms with Gasteiger partial charge in [-0.3, -0.25) is 4.90 Å². The van der Waals surface area contributed by atoms with Crippen molar-refractivity contribution in [2.24, 2.45) is 0 Å². The molecule has 3 rings (SSSR count). The van der Waals surface area contributed by atoms with Crippen LogP contribution in [-0.2, 0) is 6.42 Å². The maximum atomic E-state index is 6.09. The number of ether oxygens (including phenoxy) is 1. The molecule has 1 unspecified atom stereocenters. The van der Waals surface area contributed by atoms with Crippen molar-refractivity contribution in [3.63, 3.8) is 0 Å².